The van der Waals surface area contributed by atoms with Crippen LogP contribution in [-0.2, 0) is 24.3 Å². The number of benzene rings is 3. The molecule has 0 unspecified atom stereocenters. The molecule has 0 aromatic heterocycles. The minimum atomic E-state index is -4.09. The van der Waals surface area contributed by atoms with Crippen LogP contribution >= 0.6 is 15.9 Å². The maximum atomic E-state index is 13.6. The number of ketones is 1. The van der Waals surface area contributed by atoms with Crippen LogP contribution < -0.4 is 9.62 Å². The van der Waals surface area contributed by atoms with E-state index in [-0.39, 0.29) is 22.0 Å². The first-order valence-corrected chi connectivity index (χ1v) is 12.4. The molecule has 0 fully saturated rings. The average molecular weight is 539 g/mol. The summed E-state index contributed by atoms with van der Waals surface area (Å²) in [6, 6.07) is 23.5. The number of halogens is 1. The average Bonchev–Trinajstić information content (AvgIpc) is 3.10. The number of sulfonamides is 1. The number of carbonyl (C=O) groups excluding carboxylic acids is 2. The van der Waals surface area contributed by atoms with Crippen LogP contribution in [0, 0.1) is 0 Å². The zero-order valence-electron chi connectivity index (χ0n) is 17.9. The molecule has 3 aromatic carbocycles. The van der Waals surface area contributed by atoms with Gasteiger partial charge in [0, 0.05) is 10.2 Å². The molecule has 172 valence electrons. The van der Waals surface area contributed by atoms with E-state index in [0.29, 0.717) is 11.3 Å². The Labute approximate surface area is 205 Å². The van der Waals surface area contributed by atoms with Gasteiger partial charge in [-0.2, -0.15) is 0 Å². The second kappa shape index (κ2) is 9.66. The fraction of sp³-hybridized carbons (Fsp3) is 0.0400. The quantitative estimate of drug-likeness (QED) is 0.372. The van der Waals surface area contributed by atoms with Gasteiger partial charge in [-0.05, 0) is 42.0 Å². The van der Waals surface area contributed by atoms with E-state index in [0.717, 1.165) is 10.5 Å². The Bertz CT molecular complexity index is 1400. The van der Waals surface area contributed by atoms with Gasteiger partial charge in [-0.1, -0.05) is 64.5 Å². The smallest absolute Gasteiger partial charge is 0.332 e. The molecule has 7 nitrogen and oxygen atoms in total. The van der Waals surface area contributed by atoms with Crippen molar-refractivity contribution in [2.45, 2.75) is 4.90 Å². The fourth-order valence-electron chi connectivity index (χ4n) is 3.48. The lowest BCUT2D eigenvalue weighted by atomic mass is 10.0. The van der Waals surface area contributed by atoms with Gasteiger partial charge in [-0.3, -0.25) is 14.4 Å². The number of para-hydroxylation sites is 1. The van der Waals surface area contributed by atoms with Gasteiger partial charge >= 0.3 is 5.97 Å². The van der Waals surface area contributed by atoms with Gasteiger partial charge in [0.1, 0.15) is 11.5 Å². The molecule has 0 aliphatic carbocycles. The molecule has 1 N–H and O–H groups in total. The third kappa shape index (κ3) is 4.66. The number of Topliss-reactive ketones (excluding diaryl/α,β-unsaturated/α-hetero) is 1. The van der Waals surface area contributed by atoms with Gasteiger partial charge < -0.3 is 4.74 Å². The third-order valence-corrected chi connectivity index (χ3v) is 6.93. The Kier molecular flexibility index (Phi) is 6.67. The number of nitrogens with one attached hydrogen (secondary N) is 1. The highest BCUT2D eigenvalue weighted by Crippen LogP contribution is 2.38. The van der Waals surface area contributed by atoms with Crippen molar-refractivity contribution in [2.75, 3.05) is 12.0 Å². The van der Waals surface area contributed by atoms with Crippen molar-refractivity contribution in [2.24, 2.45) is 0 Å². The summed E-state index contributed by atoms with van der Waals surface area (Å²) >= 11 is 3.30. The molecule has 9 heteroatoms. The second-order valence-electron chi connectivity index (χ2n) is 7.20. The van der Waals surface area contributed by atoms with E-state index in [1.54, 1.807) is 72.8 Å². The van der Waals surface area contributed by atoms with Crippen LogP contribution in [0.4, 0.5) is 5.69 Å². The molecular formula is C25H19BrN2O5S. The van der Waals surface area contributed by atoms with Crippen LogP contribution in [0.15, 0.2) is 112 Å². The van der Waals surface area contributed by atoms with Crippen LogP contribution in [0.25, 0.3) is 5.57 Å². The summed E-state index contributed by atoms with van der Waals surface area (Å²) in [5, 5.41) is 0. The Morgan fingerprint density at radius 1 is 0.941 bits per heavy atom. The number of ether oxygens (including phenoxy) is 1. The number of rotatable bonds is 6. The molecular weight excluding hydrogens is 520 g/mol. The molecule has 3 aromatic rings. The summed E-state index contributed by atoms with van der Waals surface area (Å²) in [7, 11) is -2.89. The fourth-order valence-corrected chi connectivity index (χ4v) is 4.81. The van der Waals surface area contributed by atoms with Crippen molar-refractivity contribution in [3.8, 4) is 0 Å². The summed E-state index contributed by atoms with van der Waals surface area (Å²) in [4.78, 5) is 27.2. The molecule has 1 aliphatic heterocycles. The van der Waals surface area contributed by atoms with Crippen LogP contribution in [-0.4, -0.2) is 27.3 Å². The maximum absolute atomic E-state index is 13.6. The number of hydrogen-bond acceptors (Lipinski definition) is 6. The molecule has 0 saturated carbocycles. The van der Waals surface area contributed by atoms with Crippen molar-refractivity contribution < 1.29 is 22.7 Å². The van der Waals surface area contributed by atoms with Crippen molar-refractivity contribution in [1.29, 1.82) is 0 Å². The number of allylic oxidation sites excluding steroid dienone is 1. The Balaban J connectivity index is 1.95. The zero-order chi connectivity index (χ0) is 24.3. The number of nitrogens with zero attached hydrogens (tertiary/aromatic N) is 1. The topological polar surface area (TPSA) is 92.8 Å². The normalized spacial score (nSPS) is 15.1. The minimum absolute atomic E-state index is 0.0143. The maximum Gasteiger partial charge on any atom is 0.332 e. The molecule has 0 radical (unpaired) electrons. The zero-order valence-corrected chi connectivity index (χ0v) is 20.3. The van der Waals surface area contributed by atoms with Gasteiger partial charge in [0.25, 0.3) is 10.0 Å². The number of carbonyl (C=O) groups is 2. The SMILES string of the molecule is COC(=O)/C=C1\C(=O)C(c2ccccc2)=C(NS(=O)(=O)c2ccc(Br)cc2)N1c1ccccc1. The summed E-state index contributed by atoms with van der Waals surface area (Å²) in [6.07, 6.45) is 1.05. The van der Waals surface area contributed by atoms with Crippen LogP contribution in [0.3, 0.4) is 0 Å². The number of esters is 1. The van der Waals surface area contributed by atoms with Crippen LogP contribution in [0.5, 0.6) is 0 Å². The lowest BCUT2D eigenvalue weighted by Gasteiger charge is -2.24. The van der Waals surface area contributed by atoms with Gasteiger partial charge in [0.15, 0.2) is 0 Å². The summed E-state index contributed by atoms with van der Waals surface area (Å²) in [5.74, 6) is -1.25. The molecule has 0 bridgehead atoms. The highest BCUT2D eigenvalue weighted by molar-refractivity contribution is 9.10. The summed E-state index contributed by atoms with van der Waals surface area (Å²) in [6.45, 7) is 0. The lowest BCUT2D eigenvalue weighted by Crippen LogP contribution is -2.33. The van der Waals surface area contributed by atoms with Gasteiger partial charge in [-0.25, -0.2) is 13.2 Å². The molecule has 1 heterocycles. The summed E-state index contributed by atoms with van der Waals surface area (Å²) in [5.41, 5.74) is 1.06. The van der Waals surface area contributed by atoms with Crippen molar-refractivity contribution in [1.82, 2.24) is 4.72 Å². The van der Waals surface area contributed by atoms with Crippen molar-refractivity contribution in [3.05, 3.63) is 113 Å². The first-order valence-electron chi connectivity index (χ1n) is 10.1. The third-order valence-electron chi connectivity index (χ3n) is 5.05. The van der Waals surface area contributed by atoms with Crippen molar-refractivity contribution in [3.63, 3.8) is 0 Å². The van der Waals surface area contributed by atoms with Gasteiger partial charge in [0.05, 0.1) is 23.7 Å². The predicted molar refractivity (Wildman–Crippen MR) is 132 cm³/mol. The number of hydrogen-bond donors (Lipinski definition) is 1. The van der Waals surface area contributed by atoms with Crippen molar-refractivity contribution >= 4 is 49.0 Å². The van der Waals surface area contributed by atoms with E-state index in [9.17, 15) is 18.0 Å². The van der Waals surface area contributed by atoms with E-state index in [4.69, 9.17) is 4.74 Å². The Morgan fingerprint density at radius 3 is 2.12 bits per heavy atom. The largest absolute Gasteiger partial charge is 0.466 e. The minimum Gasteiger partial charge on any atom is -0.466 e. The van der Waals surface area contributed by atoms with E-state index in [2.05, 4.69) is 20.7 Å². The highest BCUT2D eigenvalue weighted by atomic mass is 79.9. The van der Waals surface area contributed by atoms with E-state index in [1.807, 2.05) is 0 Å². The molecule has 0 saturated heterocycles. The Morgan fingerprint density at radius 2 is 1.53 bits per heavy atom. The van der Waals surface area contributed by atoms with Crippen LogP contribution in [0.2, 0.25) is 0 Å². The summed E-state index contributed by atoms with van der Waals surface area (Å²) < 4.78 is 34.7. The molecule has 34 heavy (non-hydrogen) atoms. The number of anilines is 1. The molecule has 0 atom stereocenters. The number of methoxy groups -OCH3 is 1. The molecule has 0 amide bonds. The van der Waals surface area contributed by atoms with Crippen LogP contribution in [0.1, 0.15) is 5.56 Å². The molecule has 0 spiro atoms. The predicted octanol–water partition coefficient (Wildman–Crippen LogP) is 4.24. The molecule has 4 rings (SSSR count). The second-order valence-corrected chi connectivity index (χ2v) is 9.80. The first-order chi connectivity index (χ1) is 16.3. The van der Waals surface area contributed by atoms with Gasteiger partial charge in [-0.15, -0.1) is 0 Å². The standard InChI is InChI=1S/C25H19BrN2O5S/c1-33-22(29)16-21-24(30)23(17-8-4-2-5-9-17)25(28(21)19-10-6-3-7-11-19)27-34(31,32)20-14-12-18(26)13-15-20/h2-16,27H,1H3/b21-16+. The Hall–Kier alpha value is -3.69. The van der Waals surface area contributed by atoms with E-state index >= 15 is 0 Å². The highest BCUT2D eigenvalue weighted by Gasteiger charge is 2.39. The van der Waals surface area contributed by atoms with E-state index in [1.165, 1.54) is 24.1 Å². The molecule has 1 aliphatic rings. The van der Waals surface area contributed by atoms with E-state index < -0.39 is 21.8 Å². The van der Waals surface area contributed by atoms with Gasteiger partial charge in [0.2, 0.25) is 5.78 Å². The first kappa shape index (κ1) is 23.5. The lowest BCUT2D eigenvalue weighted by molar-refractivity contribution is -0.135. The monoisotopic (exact) mass is 538 g/mol.